The highest BCUT2D eigenvalue weighted by Crippen LogP contribution is 2.16. The number of carboxylic acids is 1. The maximum absolute atomic E-state index is 12.2. The van der Waals surface area contributed by atoms with E-state index in [9.17, 15) is 9.59 Å². The number of aryl methyl sites for hydroxylation is 2. The molecule has 0 aromatic carbocycles. The quantitative estimate of drug-likeness (QED) is 0.825. The fourth-order valence-electron chi connectivity index (χ4n) is 2.11. The topological polar surface area (TPSA) is 102 Å². The minimum Gasteiger partial charge on any atom is -0.481 e. The number of rotatable bonds is 6. The lowest BCUT2D eigenvalue weighted by Gasteiger charge is -2.12. The number of nitrogens with one attached hydrogen (secondary N) is 1. The third-order valence-electron chi connectivity index (χ3n) is 3.52. The van der Waals surface area contributed by atoms with E-state index in [-0.39, 0.29) is 30.6 Å². The van der Waals surface area contributed by atoms with Crippen LogP contribution in [-0.4, -0.2) is 36.5 Å². The summed E-state index contributed by atoms with van der Waals surface area (Å²) < 4.78 is 3.20. The molecule has 0 aliphatic carbocycles. The zero-order valence-corrected chi connectivity index (χ0v) is 12.8. The molecule has 1 amide bonds. The van der Waals surface area contributed by atoms with Gasteiger partial charge >= 0.3 is 5.97 Å². The Morgan fingerprint density at radius 2 is 2.18 bits per heavy atom. The first kappa shape index (κ1) is 15.7. The first-order valence-electron chi connectivity index (χ1n) is 6.93. The van der Waals surface area contributed by atoms with Crippen molar-refractivity contribution in [2.45, 2.75) is 32.9 Å². The molecule has 0 radical (unpaired) electrons. The molecule has 0 saturated heterocycles. The second-order valence-electron chi connectivity index (χ2n) is 5.11. The van der Waals surface area contributed by atoms with Crippen LogP contribution in [0.1, 0.15) is 41.1 Å². The first-order valence-corrected chi connectivity index (χ1v) is 6.93. The summed E-state index contributed by atoms with van der Waals surface area (Å²) >= 11 is 0. The molecule has 0 bridgehead atoms. The average Bonchev–Trinajstić information content (AvgIpc) is 3.05. The Morgan fingerprint density at radius 3 is 2.77 bits per heavy atom. The molecule has 8 nitrogen and oxygen atoms in total. The molecule has 2 aromatic heterocycles. The summed E-state index contributed by atoms with van der Waals surface area (Å²) in [6.07, 6.45) is 3.29. The zero-order valence-electron chi connectivity index (χ0n) is 12.8. The summed E-state index contributed by atoms with van der Waals surface area (Å²) in [5, 5.41) is 19.7. The van der Waals surface area contributed by atoms with E-state index in [2.05, 4.69) is 15.5 Å². The normalized spacial score (nSPS) is 12.1. The Balaban J connectivity index is 2.00. The van der Waals surface area contributed by atoms with E-state index in [1.165, 1.54) is 4.68 Å². The van der Waals surface area contributed by atoms with Crippen molar-refractivity contribution in [2.24, 2.45) is 7.05 Å². The molecule has 8 heteroatoms. The van der Waals surface area contributed by atoms with E-state index >= 15 is 0 Å². The van der Waals surface area contributed by atoms with Gasteiger partial charge in [0.15, 0.2) is 0 Å². The van der Waals surface area contributed by atoms with Gasteiger partial charge in [0.05, 0.1) is 25.2 Å². The van der Waals surface area contributed by atoms with Crippen molar-refractivity contribution in [3.05, 3.63) is 35.4 Å². The van der Waals surface area contributed by atoms with Crippen LogP contribution in [0, 0.1) is 6.92 Å². The Bertz CT molecular complexity index is 688. The van der Waals surface area contributed by atoms with E-state index in [1.54, 1.807) is 23.1 Å². The van der Waals surface area contributed by atoms with Crippen molar-refractivity contribution in [3.63, 3.8) is 0 Å². The smallest absolute Gasteiger partial charge is 0.305 e. The fourth-order valence-corrected chi connectivity index (χ4v) is 2.11. The van der Waals surface area contributed by atoms with Crippen molar-refractivity contribution >= 4 is 11.9 Å². The van der Waals surface area contributed by atoms with Gasteiger partial charge in [-0.1, -0.05) is 0 Å². The number of aliphatic carboxylic acids is 1. The van der Waals surface area contributed by atoms with Crippen LogP contribution in [0.4, 0.5) is 0 Å². The van der Waals surface area contributed by atoms with Crippen LogP contribution in [-0.2, 0) is 18.4 Å². The summed E-state index contributed by atoms with van der Waals surface area (Å²) in [4.78, 5) is 22.7. The maximum Gasteiger partial charge on any atom is 0.305 e. The summed E-state index contributed by atoms with van der Waals surface area (Å²) in [5.74, 6) is -1.20. The van der Waals surface area contributed by atoms with Gasteiger partial charge in [-0.05, 0) is 19.9 Å². The van der Waals surface area contributed by atoms with Gasteiger partial charge in [-0.3, -0.25) is 19.0 Å². The van der Waals surface area contributed by atoms with Crippen molar-refractivity contribution in [2.75, 3.05) is 0 Å². The standard InChI is InChI=1S/C14H19N5O3/c1-9(11-8-15-18(3)10(11)2)16-14(22)12-4-6-19(17-12)7-5-13(20)21/h4,6,8-9H,5,7H2,1-3H3,(H,16,22)(H,20,21). The van der Waals surface area contributed by atoms with Gasteiger partial charge in [-0.25, -0.2) is 0 Å². The van der Waals surface area contributed by atoms with Crippen LogP contribution < -0.4 is 5.32 Å². The molecule has 0 spiro atoms. The van der Waals surface area contributed by atoms with Crippen molar-refractivity contribution in [1.29, 1.82) is 0 Å². The van der Waals surface area contributed by atoms with Gasteiger partial charge < -0.3 is 10.4 Å². The molecule has 1 unspecified atom stereocenters. The molecule has 1 atom stereocenters. The van der Waals surface area contributed by atoms with Crippen LogP contribution in [0.3, 0.4) is 0 Å². The molecule has 22 heavy (non-hydrogen) atoms. The number of hydrogen-bond acceptors (Lipinski definition) is 4. The predicted octanol–water partition coefficient (Wildman–Crippen LogP) is 0.891. The van der Waals surface area contributed by atoms with Crippen LogP contribution in [0.2, 0.25) is 0 Å². The maximum atomic E-state index is 12.2. The van der Waals surface area contributed by atoms with Crippen LogP contribution >= 0.6 is 0 Å². The minimum absolute atomic E-state index is 0.0337. The summed E-state index contributed by atoms with van der Waals surface area (Å²) in [5.41, 5.74) is 2.19. The molecule has 0 aliphatic rings. The molecule has 0 fully saturated rings. The monoisotopic (exact) mass is 305 g/mol. The number of carboxylic acid groups (broad SMARTS) is 1. The first-order chi connectivity index (χ1) is 10.4. The molecule has 2 heterocycles. The minimum atomic E-state index is -0.901. The van der Waals surface area contributed by atoms with E-state index < -0.39 is 5.97 Å². The summed E-state index contributed by atoms with van der Waals surface area (Å²) in [6.45, 7) is 4.05. The lowest BCUT2D eigenvalue weighted by Crippen LogP contribution is -2.27. The lowest BCUT2D eigenvalue weighted by atomic mass is 10.1. The van der Waals surface area contributed by atoms with Crippen molar-refractivity contribution < 1.29 is 14.7 Å². The fraction of sp³-hybridized carbons (Fsp3) is 0.429. The Kier molecular flexibility index (Phi) is 4.59. The molecule has 0 saturated carbocycles. The molecule has 2 N–H and O–H groups in total. The van der Waals surface area contributed by atoms with Gasteiger partial charge in [0, 0.05) is 24.5 Å². The molecule has 118 valence electrons. The Morgan fingerprint density at radius 1 is 1.45 bits per heavy atom. The van der Waals surface area contributed by atoms with Gasteiger partial charge in [-0.2, -0.15) is 10.2 Å². The van der Waals surface area contributed by atoms with E-state index in [1.807, 2.05) is 20.9 Å². The van der Waals surface area contributed by atoms with Gasteiger partial charge in [0.1, 0.15) is 5.69 Å². The number of hydrogen-bond donors (Lipinski definition) is 2. The third-order valence-corrected chi connectivity index (χ3v) is 3.52. The van der Waals surface area contributed by atoms with Gasteiger partial charge in [0.2, 0.25) is 0 Å². The highest BCUT2D eigenvalue weighted by Gasteiger charge is 2.17. The average molecular weight is 305 g/mol. The van der Waals surface area contributed by atoms with E-state index in [0.29, 0.717) is 0 Å². The molecule has 2 rings (SSSR count). The van der Waals surface area contributed by atoms with E-state index in [0.717, 1.165) is 11.3 Å². The molecule has 0 aliphatic heterocycles. The SMILES string of the molecule is Cc1c(C(C)NC(=O)c2ccn(CCC(=O)O)n2)cnn1C. The number of carbonyl (C=O) groups is 2. The second-order valence-corrected chi connectivity index (χ2v) is 5.11. The largest absolute Gasteiger partial charge is 0.481 e. The van der Waals surface area contributed by atoms with Crippen LogP contribution in [0.5, 0.6) is 0 Å². The second kappa shape index (κ2) is 6.42. The third kappa shape index (κ3) is 3.51. The number of amides is 1. The van der Waals surface area contributed by atoms with Crippen molar-refractivity contribution in [1.82, 2.24) is 24.9 Å². The predicted molar refractivity (Wildman–Crippen MR) is 78.3 cm³/mol. The summed E-state index contributed by atoms with van der Waals surface area (Å²) in [7, 11) is 1.84. The number of carbonyl (C=O) groups excluding carboxylic acids is 1. The Hall–Kier alpha value is -2.64. The number of aromatic nitrogens is 4. The van der Waals surface area contributed by atoms with Crippen LogP contribution in [0.25, 0.3) is 0 Å². The zero-order chi connectivity index (χ0) is 16.3. The van der Waals surface area contributed by atoms with Crippen molar-refractivity contribution in [3.8, 4) is 0 Å². The van der Waals surface area contributed by atoms with Crippen LogP contribution in [0.15, 0.2) is 18.5 Å². The van der Waals surface area contributed by atoms with Gasteiger partial charge in [0.25, 0.3) is 5.91 Å². The highest BCUT2D eigenvalue weighted by atomic mass is 16.4. The lowest BCUT2D eigenvalue weighted by molar-refractivity contribution is -0.137. The summed E-state index contributed by atoms with van der Waals surface area (Å²) in [6, 6.07) is 1.38. The van der Waals surface area contributed by atoms with Gasteiger partial charge in [-0.15, -0.1) is 0 Å². The number of nitrogens with zero attached hydrogens (tertiary/aromatic N) is 4. The molecule has 2 aromatic rings. The molecular weight excluding hydrogens is 286 g/mol. The Labute approximate surface area is 127 Å². The van der Waals surface area contributed by atoms with E-state index in [4.69, 9.17) is 5.11 Å². The molecular formula is C14H19N5O3. The highest BCUT2D eigenvalue weighted by molar-refractivity contribution is 5.92.